The summed E-state index contributed by atoms with van der Waals surface area (Å²) in [5, 5.41) is 0.601. The summed E-state index contributed by atoms with van der Waals surface area (Å²) in [6.45, 7) is 4.71. The van der Waals surface area contributed by atoms with Crippen LogP contribution in [0.1, 0.15) is 13.8 Å². The Morgan fingerprint density at radius 3 is 2.09 bits per heavy atom. The van der Waals surface area contributed by atoms with Crippen LogP contribution in [0.5, 0.6) is 11.5 Å². The molecule has 1 saturated heterocycles. The first-order chi connectivity index (χ1) is 15.0. The fourth-order valence-corrected chi connectivity index (χ4v) is 4.81. The average molecular weight is 482 g/mol. The maximum atomic E-state index is 12.6. The summed E-state index contributed by atoms with van der Waals surface area (Å²) < 4.78 is 37.9. The first kappa shape index (κ1) is 24.3. The predicted molar refractivity (Wildman–Crippen MR) is 125 cm³/mol. The number of hydrogen-bond acceptors (Lipinski definition) is 6. The lowest BCUT2D eigenvalue weighted by Gasteiger charge is -2.40. The Morgan fingerprint density at radius 1 is 1.12 bits per heavy atom. The molecule has 0 aliphatic carbocycles. The van der Waals surface area contributed by atoms with Crippen LogP contribution in [0.2, 0.25) is 5.02 Å². The molecule has 3 rings (SSSR count). The Labute approximate surface area is 193 Å². The van der Waals surface area contributed by atoms with E-state index >= 15 is 0 Å². The molecule has 0 saturated carbocycles. The summed E-state index contributed by atoms with van der Waals surface area (Å²) in [5.74, 6) is 0.556. The SMILES string of the molecule is CC1CN([C@@H](CN(c2ccc(Oc3ccc(Cl)cc3)cc2)S(C)(=O)=O)C(N)=O)CC(C)O1. The number of carbonyl (C=O) groups excluding carboxylic acids is 1. The quantitative estimate of drug-likeness (QED) is 0.622. The second-order valence-electron chi connectivity index (χ2n) is 7.97. The summed E-state index contributed by atoms with van der Waals surface area (Å²) in [6.07, 6.45) is 0.932. The van der Waals surface area contributed by atoms with E-state index in [1.165, 1.54) is 4.31 Å². The van der Waals surface area contributed by atoms with Crippen LogP contribution < -0.4 is 14.8 Å². The molecule has 0 bridgehead atoms. The normalized spacial score (nSPS) is 20.5. The molecule has 10 heteroatoms. The molecule has 2 aromatic rings. The molecule has 8 nitrogen and oxygen atoms in total. The Bertz CT molecular complexity index is 1020. The van der Waals surface area contributed by atoms with Crippen molar-refractivity contribution in [2.45, 2.75) is 32.1 Å². The Hall–Kier alpha value is -2.33. The highest BCUT2D eigenvalue weighted by atomic mass is 35.5. The number of ether oxygens (including phenoxy) is 2. The van der Waals surface area contributed by atoms with Crippen LogP contribution >= 0.6 is 11.6 Å². The summed E-state index contributed by atoms with van der Waals surface area (Å²) in [7, 11) is -3.68. The Kier molecular flexibility index (Phi) is 7.66. The van der Waals surface area contributed by atoms with Crippen molar-refractivity contribution >= 4 is 33.2 Å². The molecule has 1 amide bonds. The van der Waals surface area contributed by atoms with E-state index < -0.39 is 22.0 Å². The van der Waals surface area contributed by atoms with Gasteiger partial charge in [-0.3, -0.25) is 14.0 Å². The van der Waals surface area contributed by atoms with E-state index in [2.05, 4.69) is 0 Å². The zero-order valence-corrected chi connectivity index (χ0v) is 19.8. The number of benzene rings is 2. The van der Waals surface area contributed by atoms with Gasteiger partial charge in [-0.25, -0.2) is 8.42 Å². The highest BCUT2D eigenvalue weighted by Crippen LogP contribution is 2.27. The van der Waals surface area contributed by atoms with Gasteiger partial charge in [-0.05, 0) is 62.4 Å². The van der Waals surface area contributed by atoms with Gasteiger partial charge in [0.1, 0.15) is 17.5 Å². The minimum absolute atomic E-state index is 0.0865. The Morgan fingerprint density at radius 2 is 1.62 bits per heavy atom. The molecular weight excluding hydrogens is 454 g/mol. The largest absolute Gasteiger partial charge is 0.457 e. The molecule has 1 aliphatic rings. The fraction of sp³-hybridized carbons (Fsp3) is 0.409. The number of hydrogen-bond donors (Lipinski definition) is 1. The van der Waals surface area contributed by atoms with Gasteiger partial charge in [0.25, 0.3) is 0 Å². The van der Waals surface area contributed by atoms with Crippen LogP contribution in [0.4, 0.5) is 5.69 Å². The van der Waals surface area contributed by atoms with Crippen molar-refractivity contribution in [3.05, 3.63) is 53.6 Å². The first-order valence-corrected chi connectivity index (χ1v) is 12.5. The van der Waals surface area contributed by atoms with Crippen molar-refractivity contribution in [1.82, 2.24) is 4.90 Å². The van der Waals surface area contributed by atoms with E-state index in [1.54, 1.807) is 48.5 Å². The molecule has 2 aromatic carbocycles. The van der Waals surface area contributed by atoms with E-state index in [9.17, 15) is 13.2 Å². The molecule has 1 heterocycles. The molecular formula is C22H28ClN3O5S. The third-order valence-electron chi connectivity index (χ3n) is 5.13. The molecule has 2 N–H and O–H groups in total. The number of rotatable bonds is 8. The minimum atomic E-state index is -3.68. The van der Waals surface area contributed by atoms with Gasteiger partial charge in [-0.1, -0.05) is 11.6 Å². The number of carbonyl (C=O) groups is 1. The average Bonchev–Trinajstić information content (AvgIpc) is 2.69. The number of halogens is 1. The molecule has 0 aromatic heterocycles. The number of anilines is 1. The maximum Gasteiger partial charge on any atom is 0.236 e. The lowest BCUT2D eigenvalue weighted by atomic mass is 10.1. The summed E-state index contributed by atoms with van der Waals surface area (Å²) >= 11 is 5.89. The van der Waals surface area contributed by atoms with Crippen LogP contribution in [0.15, 0.2) is 48.5 Å². The Balaban J connectivity index is 1.81. The molecule has 2 unspecified atom stereocenters. The molecule has 0 radical (unpaired) electrons. The molecule has 174 valence electrons. The van der Waals surface area contributed by atoms with E-state index in [0.29, 0.717) is 35.3 Å². The van der Waals surface area contributed by atoms with Crippen molar-refractivity contribution < 1.29 is 22.7 Å². The highest BCUT2D eigenvalue weighted by molar-refractivity contribution is 7.92. The third kappa shape index (κ3) is 6.35. The minimum Gasteiger partial charge on any atom is -0.457 e. The fourth-order valence-electron chi connectivity index (χ4n) is 3.77. The lowest BCUT2D eigenvalue weighted by Crippen LogP contribution is -2.58. The number of sulfonamides is 1. The number of nitrogens with zero attached hydrogens (tertiary/aromatic N) is 2. The van der Waals surface area contributed by atoms with Gasteiger partial charge in [0, 0.05) is 18.1 Å². The van der Waals surface area contributed by atoms with Crippen LogP contribution in [-0.4, -0.2) is 63.4 Å². The molecule has 1 aliphatic heterocycles. The van der Waals surface area contributed by atoms with Gasteiger partial charge in [0.15, 0.2) is 0 Å². The number of amides is 1. The van der Waals surface area contributed by atoms with E-state index in [0.717, 1.165) is 6.26 Å². The van der Waals surface area contributed by atoms with Crippen LogP contribution in [0.3, 0.4) is 0 Å². The number of nitrogens with two attached hydrogens (primary N) is 1. The number of primary amides is 1. The molecule has 3 atom stereocenters. The monoisotopic (exact) mass is 481 g/mol. The smallest absolute Gasteiger partial charge is 0.236 e. The van der Waals surface area contributed by atoms with Crippen LogP contribution in [-0.2, 0) is 19.6 Å². The topological polar surface area (TPSA) is 102 Å². The lowest BCUT2D eigenvalue weighted by molar-refractivity contribution is -0.129. The van der Waals surface area contributed by atoms with E-state index in [1.807, 2.05) is 18.7 Å². The highest BCUT2D eigenvalue weighted by Gasteiger charge is 2.34. The summed E-state index contributed by atoms with van der Waals surface area (Å²) in [6, 6.07) is 12.7. The van der Waals surface area contributed by atoms with E-state index in [-0.39, 0.29) is 18.8 Å². The van der Waals surface area contributed by atoms with Gasteiger partial charge in [-0.15, -0.1) is 0 Å². The van der Waals surface area contributed by atoms with Gasteiger partial charge < -0.3 is 15.2 Å². The molecule has 1 fully saturated rings. The van der Waals surface area contributed by atoms with Crippen molar-refractivity contribution in [3.8, 4) is 11.5 Å². The standard InChI is InChI=1S/C22H28ClN3O5S/c1-15-12-25(13-16(2)30-15)21(22(24)27)14-26(32(3,28)29)18-6-10-20(11-7-18)31-19-8-4-17(23)5-9-19/h4-11,15-16,21H,12-14H2,1-3H3,(H2,24,27)/t15?,16?,21-/m0/s1. The van der Waals surface area contributed by atoms with Gasteiger partial charge in [0.2, 0.25) is 15.9 Å². The van der Waals surface area contributed by atoms with Crippen LogP contribution in [0.25, 0.3) is 0 Å². The van der Waals surface area contributed by atoms with Crippen molar-refractivity contribution in [2.75, 3.05) is 30.2 Å². The van der Waals surface area contributed by atoms with Crippen molar-refractivity contribution in [3.63, 3.8) is 0 Å². The zero-order chi connectivity index (χ0) is 23.5. The first-order valence-electron chi connectivity index (χ1n) is 10.2. The third-order valence-corrected chi connectivity index (χ3v) is 6.54. The van der Waals surface area contributed by atoms with Gasteiger partial charge >= 0.3 is 0 Å². The predicted octanol–water partition coefficient (Wildman–Crippen LogP) is 2.86. The van der Waals surface area contributed by atoms with Crippen LogP contribution in [0, 0.1) is 0 Å². The zero-order valence-electron chi connectivity index (χ0n) is 18.3. The second kappa shape index (κ2) is 10.1. The second-order valence-corrected chi connectivity index (χ2v) is 10.3. The van der Waals surface area contributed by atoms with Crippen molar-refractivity contribution in [2.24, 2.45) is 5.73 Å². The summed E-state index contributed by atoms with van der Waals surface area (Å²) in [5.41, 5.74) is 6.09. The van der Waals surface area contributed by atoms with Crippen molar-refractivity contribution in [1.29, 1.82) is 0 Å². The van der Waals surface area contributed by atoms with Gasteiger partial charge in [0.05, 0.1) is 30.7 Å². The van der Waals surface area contributed by atoms with Gasteiger partial charge in [-0.2, -0.15) is 0 Å². The molecule has 32 heavy (non-hydrogen) atoms. The molecule has 0 spiro atoms. The maximum absolute atomic E-state index is 12.6. The summed E-state index contributed by atoms with van der Waals surface area (Å²) in [4.78, 5) is 14.2. The van der Waals surface area contributed by atoms with E-state index in [4.69, 9.17) is 26.8 Å². The number of morpholine rings is 1.